The summed E-state index contributed by atoms with van der Waals surface area (Å²) < 4.78 is 5.53. The van der Waals surface area contributed by atoms with Crippen LogP contribution in [0.2, 0.25) is 0 Å². The summed E-state index contributed by atoms with van der Waals surface area (Å²) in [6.07, 6.45) is 2.16. The van der Waals surface area contributed by atoms with Crippen molar-refractivity contribution in [3.8, 4) is 5.75 Å². The number of carbonyl (C=O) groups excluding carboxylic acids is 1. The number of hydrogen-bond acceptors (Lipinski definition) is 4. The van der Waals surface area contributed by atoms with E-state index in [2.05, 4.69) is 10.5 Å². The Morgan fingerprint density at radius 3 is 2.65 bits per heavy atom. The van der Waals surface area contributed by atoms with Gasteiger partial charge in [0.05, 0.1) is 18.8 Å². The summed E-state index contributed by atoms with van der Waals surface area (Å²) in [6, 6.07) is 20.6. The first-order valence-electron chi connectivity index (χ1n) is 8.40. The van der Waals surface area contributed by atoms with Crippen LogP contribution in [-0.2, 0) is 11.3 Å². The lowest BCUT2D eigenvalue weighted by Gasteiger charge is -2.06. The fourth-order valence-electron chi connectivity index (χ4n) is 2.57. The molecule has 0 radical (unpaired) electrons. The van der Waals surface area contributed by atoms with Gasteiger partial charge >= 0.3 is 0 Å². The van der Waals surface area contributed by atoms with Crippen molar-refractivity contribution >= 4 is 22.9 Å². The Labute approximate surface area is 151 Å². The number of nitrogens with one attached hydrogen (secondary N) is 1. The van der Waals surface area contributed by atoms with Gasteiger partial charge in [0.25, 0.3) is 5.91 Å². The molecule has 0 aliphatic heterocycles. The van der Waals surface area contributed by atoms with Gasteiger partial charge < -0.3 is 9.84 Å². The molecule has 0 aliphatic rings. The molecule has 132 valence electrons. The van der Waals surface area contributed by atoms with Gasteiger partial charge in [0, 0.05) is 18.0 Å². The van der Waals surface area contributed by atoms with E-state index in [0.29, 0.717) is 25.0 Å². The Morgan fingerprint density at radius 2 is 1.81 bits per heavy atom. The van der Waals surface area contributed by atoms with Gasteiger partial charge in [-0.25, -0.2) is 5.43 Å². The molecule has 0 aliphatic carbocycles. The summed E-state index contributed by atoms with van der Waals surface area (Å²) >= 11 is 0. The molecule has 26 heavy (non-hydrogen) atoms. The highest BCUT2D eigenvalue weighted by molar-refractivity contribution is 6.03. The van der Waals surface area contributed by atoms with Crippen LogP contribution in [0.15, 0.2) is 71.8 Å². The normalized spacial score (nSPS) is 11.1. The number of rotatable bonds is 7. The summed E-state index contributed by atoms with van der Waals surface area (Å²) in [5.74, 6) is -0.489. The van der Waals surface area contributed by atoms with Crippen LogP contribution in [0.25, 0.3) is 10.8 Å². The van der Waals surface area contributed by atoms with Crippen LogP contribution in [0.4, 0.5) is 0 Å². The van der Waals surface area contributed by atoms with Crippen molar-refractivity contribution in [3.63, 3.8) is 0 Å². The van der Waals surface area contributed by atoms with Crippen LogP contribution in [0.1, 0.15) is 22.3 Å². The molecule has 0 aromatic heterocycles. The molecule has 0 atom stereocenters. The van der Waals surface area contributed by atoms with E-state index in [1.165, 1.54) is 0 Å². The minimum atomic E-state index is -0.449. The van der Waals surface area contributed by atoms with Gasteiger partial charge in [-0.05, 0) is 17.0 Å². The van der Waals surface area contributed by atoms with E-state index >= 15 is 0 Å². The minimum absolute atomic E-state index is 0.0398. The standard InChI is InChI=1S/C21H20N2O3/c24-20-18-10-5-4-9-17(18)11-12-19(20)21(25)23-22-13-6-14-26-15-16-7-2-1-3-8-16/h1-5,7-13,24H,6,14-15H2,(H,23,25). The average Bonchev–Trinajstić information content (AvgIpc) is 2.68. The van der Waals surface area contributed by atoms with Crippen molar-refractivity contribution in [2.24, 2.45) is 5.10 Å². The highest BCUT2D eigenvalue weighted by Gasteiger charge is 2.12. The number of ether oxygens (including phenoxy) is 1. The lowest BCUT2D eigenvalue weighted by Crippen LogP contribution is -2.17. The van der Waals surface area contributed by atoms with Gasteiger partial charge in [-0.15, -0.1) is 0 Å². The second kappa shape index (κ2) is 8.78. The monoisotopic (exact) mass is 348 g/mol. The Hall–Kier alpha value is -3.18. The molecule has 5 heteroatoms. The molecule has 0 heterocycles. The molecular formula is C21H20N2O3. The predicted molar refractivity (Wildman–Crippen MR) is 102 cm³/mol. The van der Waals surface area contributed by atoms with E-state index in [4.69, 9.17) is 4.74 Å². The second-order valence-electron chi connectivity index (χ2n) is 5.76. The Bertz CT molecular complexity index is 908. The number of phenols is 1. The molecular weight excluding hydrogens is 328 g/mol. The summed E-state index contributed by atoms with van der Waals surface area (Å²) in [5.41, 5.74) is 3.74. The smallest absolute Gasteiger partial charge is 0.275 e. The van der Waals surface area contributed by atoms with Crippen LogP contribution in [0.3, 0.4) is 0 Å². The summed E-state index contributed by atoms with van der Waals surface area (Å²) in [6.45, 7) is 1.06. The molecule has 0 saturated carbocycles. The predicted octanol–water partition coefficient (Wildman–Crippen LogP) is 3.87. The lowest BCUT2D eigenvalue weighted by molar-refractivity contribution is 0.0952. The Kier molecular flexibility index (Phi) is 5.96. The molecule has 0 saturated heterocycles. The molecule has 0 bridgehead atoms. The van der Waals surface area contributed by atoms with Crippen LogP contribution >= 0.6 is 0 Å². The molecule has 2 N–H and O–H groups in total. The van der Waals surface area contributed by atoms with Crippen molar-refractivity contribution in [1.29, 1.82) is 0 Å². The largest absolute Gasteiger partial charge is 0.506 e. The van der Waals surface area contributed by atoms with Crippen molar-refractivity contribution < 1.29 is 14.6 Å². The number of phenolic OH excluding ortho intramolecular Hbond substituents is 1. The number of carbonyl (C=O) groups is 1. The van der Waals surface area contributed by atoms with Crippen molar-refractivity contribution in [2.45, 2.75) is 13.0 Å². The fraction of sp³-hybridized carbons (Fsp3) is 0.143. The molecule has 3 aromatic rings. The summed E-state index contributed by atoms with van der Waals surface area (Å²) in [4.78, 5) is 12.2. The zero-order valence-electron chi connectivity index (χ0n) is 14.3. The molecule has 1 amide bonds. The van der Waals surface area contributed by atoms with E-state index in [1.54, 1.807) is 24.4 Å². The van der Waals surface area contributed by atoms with Crippen molar-refractivity contribution in [3.05, 3.63) is 77.9 Å². The highest BCUT2D eigenvalue weighted by Crippen LogP contribution is 2.28. The van der Waals surface area contributed by atoms with E-state index in [9.17, 15) is 9.90 Å². The summed E-state index contributed by atoms with van der Waals surface area (Å²) in [5, 5.41) is 15.7. The first kappa shape index (κ1) is 17.6. The van der Waals surface area contributed by atoms with Gasteiger partial charge in [-0.2, -0.15) is 5.10 Å². The van der Waals surface area contributed by atoms with Gasteiger partial charge in [0.15, 0.2) is 0 Å². The second-order valence-corrected chi connectivity index (χ2v) is 5.76. The number of fused-ring (bicyclic) bond motifs is 1. The quantitative estimate of drug-likeness (QED) is 0.387. The molecule has 3 rings (SSSR count). The van der Waals surface area contributed by atoms with Crippen LogP contribution in [0, 0.1) is 0 Å². The molecule has 0 fully saturated rings. The third kappa shape index (κ3) is 4.46. The third-order valence-electron chi connectivity index (χ3n) is 3.91. The van der Waals surface area contributed by atoms with E-state index in [-0.39, 0.29) is 11.3 Å². The molecule has 0 spiro atoms. The maximum Gasteiger partial charge on any atom is 0.275 e. The zero-order valence-corrected chi connectivity index (χ0v) is 14.3. The maximum atomic E-state index is 12.2. The van der Waals surface area contributed by atoms with Gasteiger partial charge in [-0.1, -0.05) is 60.7 Å². The molecule has 3 aromatic carbocycles. The van der Waals surface area contributed by atoms with Gasteiger partial charge in [-0.3, -0.25) is 4.79 Å². The minimum Gasteiger partial charge on any atom is -0.506 e. The Balaban J connectivity index is 1.46. The SMILES string of the molecule is O=C(NN=CCCOCc1ccccc1)c1ccc2ccccc2c1O. The van der Waals surface area contributed by atoms with E-state index < -0.39 is 5.91 Å². The van der Waals surface area contributed by atoms with Gasteiger partial charge in [0.1, 0.15) is 5.75 Å². The molecule has 5 nitrogen and oxygen atoms in total. The lowest BCUT2D eigenvalue weighted by atomic mass is 10.1. The van der Waals surface area contributed by atoms with E-state index in [0.717, 1.165) is 10.9 Å². The topological polar surface area (TPSA) is 70.9 Å². The van der Waals surface area contributed by atoms with Crippen LogP contribution < -0.4 is 5.43 Å². The highest BCUT2D eigenvalue weighted by atomic mass is 16.5. The number of hydrogen-bond donors (Lipinski definition) is 2. The number of aromatic hydroxyl groups is 1. The average molecular weight is 348 g/mol. The fourth-order valence-corrected chi connectivity index (χ4v) is 2.57. The molecule has 0 unspecified atom stereocenters. The first-order valence-corrected chi connectivity index (χ1v) is 8.40. The number of nitrogens with zero attached hydrogens (tertiary/aromatic N) is 1. The number of hydrazone groups is 1. The van der Waals surface area contributed by atoms with Crippen LogP contribution in [-0.4, -0.2) is 23.8 Å². The van der Waals surface area contributed by atoms with Gasteiger partial charge in [0.2, 0.25) is 0 Å². The third-order valence-corrected chi connectivity index (χ3v) is 3.91. The zero-order chi connectivity index (χ0) is 18.2. The first-order chi connectivity index (χ1) is 12.8. The van der Waals surface area contributed by atoms with Crippen molar-refractivity contribution in [2.75, 3.05) is 6.61 Å². The summed E-state index contributed by atoms with van der Waals surface area (Å²) in [7, 11) is 0. The number of benzene rings is 3. The van der Waals surface area contributed by atoms with Crippen molar-refractivity contribution in [1.82, 2.24) is 5.43 Å². The van der Waals surface area contributed by atoms with Crippen LogP contribution in [0.5, 0.6) is 5.75 Å². The van der Waals surface area contributed by atoms with E-state index in [1.807, 2.05) is 48.5 Å². The Morgan fingerprint density at radius 1 is 1.04 bits per heavy atom. The maximum absolute atomic E-state index is 12.2. The number of amides is 1.